The summed E-state index contributed by atoms with van der Waals surface area (Å²) in [6.45, 7) is 4.49. The van der Waals surface area contributed by atoms with Crippen molar-refractivity contribution in [3.63, 3.8) is 0 Å². The van der Waals surface area contributed by atoms with Crippen molar-refractivity contribution in [1.29, 1.82) is 0 Å². The lowest BCUT2D eigenvalue weighted by atomic mass is 10.1. The third-order valence-electron chi connectivity index (χ3n) is 3.92. The van der Waals surface area contributed by atoms with Crippen molar-refractivity contribution in [2.45, 2.75) is 6.42 Å². The molecule has 0 aliphatic heterocycles. The zero-order valence-corrected chi connectivity index (χ0v) is 17.6. The third kappa shape index (κ3) is 5.92. The summed E-state index contributed by atoms with van der Waals surface area (Å²) in [4.78, 5) is 0. The van der Waals surface area contributed by atoms with E-state index in [2.05, 4.69) is 37.8 Å². The first-order valence-corrected chi connectivity index (χ1v) is 9.71. The van der Waals surface area contributed by atoms with Gasteiger partial charge in [0.05, 0.1) is 13.3 Å². The fraction of sp³-hybridized carbons (Fsp3) is 0.190. The van der Waals surface area contributed by atoms with Crippen LogP contribution in [0.3, 0.4) is 0 Å². The number of hydrogen-bond donors (Lipinski definition) is 0. The lowest BCUT2D eigenvalue weighted by Gasteiger charge is -2.13. The van der Waals surface area contributed by atoms with Crippen LogP contribution in [0.5, 0.6) is 17.2 Å². The second-order valence-electron chi connectivity index (χ2n) is 5.94. The standard InChI is InChI=1S/C21H21BrN4O3/c1-3-4-16-5-7-20(21(11-16)27-2)29-10-9-28-19-8-6-18(22)12-17(19)13-25-26-14-23-24-15-26/h3,5-8,11-15H,1,4,9-10H2,2H3/b25-13-. The average Bonchev–Trinajstić information content (AvgIpc) is 3.25. The quantitative estimate of drug-likeness (QED) is 0.260. The summed E-state index contributed by atoms with van der Waals surface area (Å²) in [6, 6.07) is 11.6. The second kappa shape index (κ2) is 10.4. The fourth-order valence-electron chi connectivity index (χ4n) is 2.56. The monoisotopic (exact) mass is 456 g/mol. The molecule has 0 radical (unpaired) electrons. The Labute approximate surface area is 177 Å². The predicted octanol–water partition coefficient (Wildman–Crippen LogP) is 4.12. The van der Waals surface area contributed by atoms with Gasteiger partial charge in [-0.25, -0.2) is 4.68 Å². The van der Waals surface area contributed by atoms with Crippen LogP contribution in [0, 0.1) is 0 Å². The molecule has 0 aliphatic carbocycles. The van der Waals surface area contributed by atoms with Crippen molar-refractivity contribution in [1.82, 2.24) is 14.9 Å². The van der Waals surface area contributed by atoms with Gasteiger partial charge in [0.25, 0.3) is 0 Å². The number of ether oxygens (including phenoxy) is 3. The van der Waals surface area contributed by atoms with Crippen molar-refractivity contribution in [3.8, 4) is 17.2 Å². The topological polar surface area (TPSA) is 70.8 Å². The Kier molecular flexibility index (Phi) is 7.40. The maximum absolute atomic E-state index is 5.89. The highest BCUT2D eigenvalue weighted by Gasteiger charge is 2.07. The highest BCUT2D eigenvalue weighted by molar-refractivity contribution is 9.10. The number of nitrogens with zero attached hydrogens (tertiary/aromatic N) is 4. The van der Waals surface area contributed by atoms with Crippen molar-refractivity contribution in [3.05, 3.63) is 77.3 Å². The molecule has 0 bridgehead atoms. The number of benzene rings is 2. The molecule has 3 rings (SSSR count). The van der Waals surface area contributed by atoms with Crippen LogP contribution in [0.2, 0.25) is 0 Å². The van der Waals surface area contributed by atoms with Crippen molar-refractivity contribution in [2.24, 2.45) is 5.10 Å². The van der Waals surface area contributed by atoms with E-state index < -0.39 is 0 Å². The summed E-state index contributed by atoms with van der Waals surface area (Å²) in [5.74, 6) is 2.06. The van der Waals surface area contributed by atoms with Gasteiger partial charge in [-0.3, -0.25) is 0 Å². The number of halogens is 1. The lowest BCUT2D eigenvalue weighted by Crippen LogP contribution is -2.10. The van der Waals surface area contributed by atoms with Gasteiger partial charge in [0.2, 0.25) is 0 Å². The molecule has 3 aromatic rings. The molecular formula is C21H21BrN4O3. The number of hydrogen-bond acceptors (Lipinski definition) is 6. The van der Waals surface area contributed by atoms with Gasteiger partial charge in [0.1, 0.15) is 31.6 Å². The van der Waals surface area contributed by atoms with Crippen LogP contribution in [0.25, 0.3) is 0 Å². The van der Waals surface area contributed by atoms with Gasteiger partial charge in [-0.05, 0) is 42.3 Å². The summed E-state index contributed by atoms with van der Waals surface area (Å²) >= 11 is 3.47. The highest BCUT2D eigenvalue weighted by atomic mass is 79.9. The van der Waals surface area contributed by atoms with Gasteiger partial charge < -0.3 is 14.2 Å². The number of rotatable bonds is 10. The number of aromatic nitrogens is 3. The Morgan fingerprint density at radius 1 is 1.03 bits per heavy atom. The summed E-state index contributed by atoms with van der Waals surface area (Å²) in [5.41, 5.74) is 1.94. The second-order valence-corrected chi connectivity index (χ2v) is 6.86. The van der Waals surface area contributed by atoms with Crippen molar-refractivity contribution < 1.29 is 14.2 Å². The number of methoxy groups -OCH3 is 1. The van der Waals surface area contributed by atoms with Gasteiger partial charge in [-0.15, -0.1) is 16.8 Å². The van der Waals surface area contributed by atoms with Gasteiger partial charge in [-0.2, -0.15) is 5.10 Å². The van der Waals surface area contributed by atoms with E-state index in [9.17, 15) is 0 Å². The number of allylic oxidation sites excluding steroid dienone is 1. The molecule has 2 aromatic carbocycles. The summed E-state index contributed by atoms with van der Waals surface area (Å²) < 4.78 is 19.6. The minimum Gasteiger partial charge on any atom is -0.493 e. The zero-order chi connectivity index (χ0) is 20.5. The van der Waals surface area contributed by atoms with Crippen LogP contribution in [-0.2, 0) is 6.42 Å². The van der Waals surface area contributed by atoms with E-state index in [1.807, 2.05) is 42.5 Å². The molecule has 0 atom stereocenters. The molecule has 0 amide bonds. The van der Waals surface area contributed by atoms with E-state index in [4.69, 9.17) is 14.2 Å². The van der Waals surface area contributed by atoms with E-state index >= 15 is 0 Å². The van der Waals surface area contributed by atoms with Crippen molar-refractivity contribution >= 4 is 22.1 Å². The van der Waals surface area contributed by atoms with Crippen LogP contribution < -0.4 is 14.2 Å². The van der Waals surface area contributed by atoms with E-state index in [1.54, 1.807) is 13.3 Å². The molecule has 0 saturated heterocycles. The molecule has 150 valence electrons. The van der Waals surface area contributed by atoms with Crippen LogP contribution in [-0.4, -0.2) is 41.4 Å². The first-order chi connectivity index (χ1) is 14.2. The van der Waals surface area contributed by atoms with E-state index in [0.717, 1.165) is 22.0 Å². The maximum atomic E-state index is 5.89. The van der Waals surface area contributed by atoms with Gasteiger partial charge in [-0.1, -0.05) is 28.1 Å². The van der Waals surface area contributed by atoms with Crippen LogP contribution in [0.4, 0.5) is 0 Å². The van der Waals surface area contributed by atoms with Crippen LogP contribution >= 0.6 is 15.9 Å². The molecule has 0 fully saturated rings. The van der Waals surface area contributed by atoms with E-state index in [1.165, 1.54) is 17.3 Å². The smallest absolute Gasteiger partial charge is 0.161 e. The van der Waals surface area contributed by atoms with Crippen LogP contribution in [0.15, 0.2) is 71.3 Å². The molecule has 29 heavy (non-hydrogen) atoms. The Hall–Kier alpha value is -3.13. The SMILES string of the molecule is C=CCc1ccc(OCCOc2ccc(Br)cc2/C=N\n2cnnc2)c(OC)c1. The molecule has 0 N–H and O–H groups in total. The lowest BCUT2D eigenvalue weighted by molar-refractivity contribution is 0.211. The zero-order valence-electron chi connectivity index (χ0n) is 16.0. The Bertz CT molecular complexity index is 974. The minimum absolute atomic E-state index is 0.368. The van der Waals surface area contributed by atoms with Crippen molar-refractivity contribution in [2.75, 3.05) is 20.3 Å². The Morgan fingerprint density at radius 2 is 1.76 bits per heavy atom. The summed E-state index contributed by atoms with van der Waals surface area (Å²) in [6.07, 6.45) is 7.34. The van der Waals surface area contributed by atoms with Crippen LogP contribution in [0.1, 0.15) is 11.1 Å². The molecule has 1 heterocycles. The average molecular weight is 457 g/mol. The first kappa shape index (κ1) is 20.6. The van der Waals surface area contributed by atoms with Gasteiger partial charge in [0, 0.05) is 10.0 Å². The fourth-order valence-corrected chi connectivity index (χ4v) is 2.94. The molecule has 1 aromatic heterocycles. The first-order valence-electron chi connectivity index (χ1n) is 8.91. The normalized spacial score (nSPS) is 10.8. The molecular weight excluding hydrogens is 436 g/mol. The van der Waals surface area contributed by atoms with Gasteiger partial charge >= 0.3 is 0 Å². The molecule has 7 nitrogen and oxygen atoms in total. The Balaban J connectivity index is 1.60. The van der Waals surface area contributed by atoms with E-state index in [0.29, 0.717) is 30.5 Å². The summed E-state index contributed by atoms with van der Waals surface area (Å²) in [7, 11) is 1.62. The molecule has 8 heteroatoms. The summed E-state index contributed by atoms with van der Waals surface area (Å²) in [5, 5.41) is 11.7. The minimum atomic E-state index is 0.368. The molecule has 0 spiro atoms. The Morgan fingerprint density at radius 3 is 2.48 bits per heavy atom. The molecule has 0 unspecified atom stereocenters. The highest BCUT2D eigenvalue weighted by Crippen LogP contribution is 2.28. The third-order valence-corrected chi connectivity index (χ3v) is 4.41. The predicted molar refractivity (Wildman–Crippen MR) is 115 cm³/mol. The van der Waals surface area contributed by atoms with Gasteiger partial charge in [0.15, 0.2) is 11.5 Å². The molecule has 0 aliphatic rings. The maximum Gasteiger partial charge on any atom is 0.161 e. The molecule has 0 saturated carbocycles. The largest absolute Gasteiger partial charge is 0.493 e. The van der Waals surface area contributed by atoms with E-state index in [-0.39, 0.29) is 0 Å².